The molecule has 0 aliphatic carbocycles. The molecule has 9 nitrogen and oxygen atoms in total. The lowest BCUT2D eigenvalue weighted by molar-refractivity contribution is -0.121. The number of para-hydroxylation sites is 1. The van der Waals surface area contributed by atoms with Crippen molar-refractivity contribution >= 4 is 17.1 Å². The quantitative estimate of drug-likeness (QED) is 0.598. The van der Waals surface area contributed by atoms with Crippen LogP contribution in [0.5, 0.6) is 5.75 Å². The number of amides is 1. The summed E-state index contributed by atoms with van der Waals surface area (Å²) in [6.07, 6.45) is 1.33. The van der Waals surface area contributed by atoms with Crippen LogP contribution in [0.1, 0.15) is 0 Å². The number of hydrogen-bond acceptors (Lipinski definition) is 5. The monoisotopic (exact) mass is 399 g/mol. The van der Waals surface area contributed by atoms with Crippen LogP contribution in [0.15, 0.2) is 40.2 Å². The lowest BCUT2D eigenvalue weighted by Crippen LogP contribution is -2.38. The van der Waals surface area contributed by atoms with Gasteiger partial charge in [-0.1, -0.05) is 24.0 Å². The van der Waals surface area contributed by atoms with Crippen molar-refractivity contribution in [1.29, 1.82) is 0 Å². The molecule has 0 aliphatic heterocycles. The molecule has 0 unspecified atom stereocenters. The van der Waals surface area contributed by atoms with Crippen LogP contribution in [-0.4, -0.2) is 37.7 Å². The molecule has 0 aliphatic rings. The number of fused-ring (bicyclic) bond motifs is 1. The molecule has 1 aromatic carbocycles. The van der Waals surface area contributed by atoms with Gasteiger partial charge < -0.3 is 14.6 Å². The summed E-state index contributed by atoms with van der Waals surface area (Å²) in [5, 5.41) is 2.59. The fourth-order valence-corrected chi connectivity index (χ4v) is 2.66. The van der Waals surface area contributed by atoms with Gasteiger partial charge in [0.25, 0.3) is 5.56 Å². The molecule has 0 bridgehead atoms. The number of imidazole rings is 1. The predicted molar refractivity (Wildman–Crippen MR) is 103 cm³/mol. The summed E-state index contributed by atoms with van der Waals surface area (Å²) in [4.78, 5) is 40.4. The van der Waals surface area contributed by atoms with Crippen LogP contribution < -0.4 is 21.3 Å². The second-order valence-corrected chi connectivity index (χ2v) is 6.10. The maximum atomic E-state index is 13.4. The molecule has 0 radical (unpaired) electrons. The fourth-order valence-electron chi connectivity index (χ4n) is 2.66. The van der Waals surface area contributed by atoms with Gasteiger partial charge in [0.2, 0.25) is 5.91 Å². The second-order valence-electron chi connectivity index (χ2n) is 6.10. The van der Waals surface area contributed by atoms with E-state index in [1.165, 1.54) is 41.7 Å². The van der Waals surface area contributed by atoms with E-state index in [-0.39, 0.29) is 42.5 Å². The SMILES string of the molecule is Cn1c(=O)c2c(ncn2CC(=O)NCC#CCOc2ccccc2F)n(C)c1=O. The molecular weight excluding hydrogens is 381 g/mol. The Morgan fingerprint density at radius 3 is 2.72 bits per heavy atom. The van der Waals surface area contributed by atoms with E-state index in [1.807, 2.05) is 0 Å². The molecule has 29 heavy (non-hydrogen) atoms. The van der Waals surface area contributed by atoms with E-state index in [2.05, 4.69) is 22.1 Å². The van der Waals surface area contributed by atoms with Crippen molar-refractivity contribution < 1.29 is 13.9 Å². The van der Waals surface area contributed by atoms with Crippen LogP contribution >= 0.6 is 0 Å². The number of nitrogens with one attached hydrogen (secondary N) is 1. The summed E-state index contributed by atoms with van der Waals surface area (Å²) in [6, 6.07) is 5.99. The van der Waals surface area contributed by atoms with Crippen molar-refractivity contribution in [2.45, 2.75) is 6.54 Å². The largest absolute Gasteiger partial charge is 0.478 e. The highest BCUT2D eigenvalue weighted by Gasteiger charge is 2.15. The Kier molecular flexibility index (Phi) is 5.78. The first-order valence-corrected chi connectivity index (χ1v) is 8.60. The van der Waals surface area contributed by atoms with E-state index in [9.17, 15) is 18.8 Å². The molecule has 0 saturated carbocycles. The number of hydrogen-bond donors (Lipinski definition) is 1. The molecule has 3 aromatic rings. The first-order chi connectivity index (χ1) is 13.9. The molecule has 0 saturated heterocycles. The van der Waals surface area contributed by atoms with Crippen molar-refractivity contribution in [3.8, 4) is 17.6 Å². The lowest BCUT2D eigenvalue weighted by atomic mass is 10.3. The lowest BCUT2D eigenvalue weighted by Gasteiger charge is -2.06. The van der Waals surface area contributed by atoms with Crippen molar-refractivity contribution in [3.05, 3.63) is 57.2 Å². The number of rotatable bonds is 5. The van der Waals surface area contributed by atoms with E-state index in [4.69, 9.17) is 4.74 Å². The van der Waals surface area contributed by atoms with Crippen LogP contribution in [0.3, 0.4) is 0 Å². The molecule has 150 valence electrons. The number of ether oxygens (including phenoxy) is 1. The maximum absolute atomic E-state index is 13.4. The Labute approximate surface area is 164 Å². The van der Waals surface area contributed by atoms with E-state index in [0.29, 0.717) is 0 Å². The Bertz CT molecular complexity index is 1250. The zero-order valence-electron chi connectivity index (χ0n) is 15.8. The molecular formula is C19H18FN5O4. The van der Waals surface area contributed by atoms with Crippen LogP contribution in [0.2, 0.25) is 0 Å². The third-order valence-electron chi connectivity index (χ3n) is 4.17. The van der Waals surface area contributed by atoms with E-state index >= 15 is 0 Å². The minimum atomic E-state index is -0.529. The second kappa shape index (κ2) is 8.43. The van der Waals surface area contributed by atoms with Crippen molar-refractivity contribution in [1.82, 2.24) is 24.0 Å². The van der Waals surface area contributed by atoms with Gasteiger partial charge in [0.15, 0.2) is 22.7 Å². The van der Waals surface area contributed by atoms with Crippen LogP contribution in [0, 0.1) is 17.7 Å². The van der Waals surface area contributed by atoms with E-state index in [0.717, 1.165) is 4.57 Å². The number of aryl methyl sites for hydroxylation is 1. The highest BCUT2D eigenvalue weighted by atomic mass is 19.1. The summed E-state index contributed by atoms with van der Waals surface area (Å²) < 4.78 is 22.1. The third-order valence-corrected chi connectivity index (χ3v) is 4.17. The zero-order chi connectivity index (χ0) is 21.0. The molecule has 2 aromatic heterocycles. The number of nitrogens with zero attached hydrogens (tertiary/aromatic N) is 4. The topological polar surface area (TPSA) is 100 Å². The zero-order valence-corrected chi connectivity index (χ0v) is 15.8. The average Bonchev–Trinajstić information content (AvgIpc) is 3.12. The van der Waals surface area contributed by atoms with Crippen molar-refractivity contribution in [2.24, 2.45) is 14.1 Å². The van der Waals surface area contributed by atoms with Gasteiger partial charge in [-0.2, -0.15) is 0 Å². The van der Waals surface area contributed by atoms with Gasteiger partial charge in [-0.3, -0.25) is 18.7 Å². The molecule has 0 spiro atoms. The normalized spacial score (nSPS) is 10.4. The molecule has 1 amide bonds. The van der Waals surface area contributed by atoms with Gasteiger partial charge in [-0.15, -0.1) is 0 Å². The summed E-state index contributed by atoms with van der Waals surface area (Å²) in [5.41, 5.74) is -0.659. The molecule has 0 fully saturated rings. The summed E-state index contributed by atoms with van der Waals surface area (Å²) >= 11 is 0. The molecule has 3 rings (SSSR count). The molecule has 1 N–H and O–H groups in total. The maximum Gasteiger partial charge on any atom is 0.332 e. The molecule has 0 atom stereocenters. The summed E-state index contributed by atoms with van der Waals surface area (Å²) in [6.45, 7) is -0.118. The first kappa shape index (κ1) is 19.9. The number of benzene rings is 1. The van der Waals surface area contributed by atoms with Crippen molar-refractivity contribution in [2.75, 3.05) is 13.2 Å². The first-order valence-electron chi connectivity index (χ1n) is 8.60. The summed E-state index contributed by atoms with van der Waals surface area (Å²) in [7, 11) is 2.86. The smallest absolute Gasteiger partial charge is 0.332 e. The van der Waals surface area contributed by atoms with Crippen molar-refractivity contribution in [3.63, 3.8) is 0 Å². The van der Waals surface area contributed by atoms with Crippen LogP contribution in [-0.2, 0) is 25.4 Å². The molecule has 2 heterocycles. The minimum Gasteiger partial charge on any atom is -0.478 e. The Balaban J connectivity index is 1.58. The predicted octanol–water partition coefficient (Wildman–Crippen LogP) is -0.229. The number of carbonyl (C=O) groups is 1. The number of carbonyl (C=O) groups excluding carboxylic acids is 1. The fraction of sp³-hybridized carbons (Fsp3) is 0.263. The van der Waals surface area contributed by atoms with Gasteiger partial charge in [0, 0.05) is 14.1 Å². The summed E-state index contributed by atoms with van der Waals surface area (Å²) in [5.74, 6) is 4.61. The van der Waals surface area contributed by atoms with Gasteiger partial charge in [0.1, 0.15) is 13.2 Å². The van der Waals surface area contributed by atoms with Gasteiger partial charge in [-0.05, 0) is 12.1 Å². The van der Waals surface area contributed by atoms with Crippen LogP contribution in [0.25, 0.3) is 11.2 Å². The Morgan fingerprint density at radius 1 is 1.21 bits per heavy atom. The number of halogens is 1. The van der Waals surface area contributed by atoms with Gasteiger partial charge in [-0.25, -0.2) is 14.2 Å². The minimum absolute atomic E-state index is 0.0208. The van der Waals surface area contributed by atoms with Gasteiger partial charge in [0.05, 0.1) is 12.9 Å². The van der Waals surface area contributed by atoms with E-state index in [1.54, 1.807) is 12.1 Å². The standard InChI is InChI=1S/C19H18FN5O4/c1-23-17-16(18(27)24(2)19(23)28)25(12-22-17)11-15(26)21-9-5-6-10-29-14-8-4-3-7-13(14)20/h3-4,7-8,12H,9-11H2,1-2H3,(H,21,26). The number of aromatic nitrogens is 4. The Morgan fingerprint density at radius 2 is 1.97 bits per heavy atom. The van der Waals surface area contributed by atoms with Crippen LogP contribution in [0.4, 0.5) is 4.39 Å². The van der Waals surface area contributed by atoms with E-state index < -0.39 is 17.1 Å². The highest BCUT2D eigenvalue weighted by molar-refractivity contribution is 5.79. The van der Waals surface area contributed by atoms with Gasteiger partial charge >= 0.3 is 5.69 Å². The molecule has 10 heteroatoms. The highest BCUT2D eigenvalue weighted by Crippen LogP contribution is 2.14. The third kappa shape index (κ3) is 4.19. The Hall–Kier alpha value is -3.87. The average molecular weight is 399 g/mol.